The Kier molecular flexibility index (Phi) is 3.39. The molecule has 0 unspecified atom stereocenters. The Morgan fingerprint density at radius 1 is 1.00 bits per heavy atom. The number of hydrogen-bond donors (Lipinski definition) is 2. The van der Waals surface area contributed by atoms with Crippen molar-refractivity contribution < 1.29 is 0 Å². The van der Waals surface area contributed by atoms with Crippen molar-refractivity contribution in [2.75, 3.05) is 11.9 Å². The average Bonchev–Trinajstić information content (AvgIpc) is 2.79. The van der Waals surface area contributed by atoms with Crippen LogP contribution < -0.4 is 5.32 Å². The molecule has 1 aliphatic heterocycles. The molecule has 0 saturated carbocycles. The molecule has 0 fully saturated rings. The van der Waals surface area contributed by atoms with Gasteiger partial charge < -0.3 is 10.3 Å². The second kappa shape index (κ2) is 5.54. The molecule has 1 aromatic heterocycles. The van der Waals surface area contributed by atoms with E-state index in [1.54, 1.807) is 0 Å². The number of benzene rings is 2. The molecule has 2 heterocycles. The normalized spacial score (nSPS) is 14.2. The molecule has 0 atom stereocenters. The number of nitrogens with one attached hydrogen (secondary N) is 2. The van der Waals surface area contributed by atoms with E-state index in [9.17, 15) is 0 Å². The lowest BCUT2D eigenvalue weighted by molar-refractivity contribution is 0.785. The van der Waals surface area contributed by atoms with Gasteiger partial charge in [0, 0.05) is 12.1 Å². The Morgan fingerprint density at radius 2 is 1.86 bits per heavy atom. The zero-order valence-electron chi connectivity index (χ0n) is 12.2. The van der Waals surface area contributed by atoms with Crippen molar-refractivity contribution in [3.8, 4) is 11.3 Å². The molecule has 22 heavy (non-hydrogen) atoms. The van der Waals surface area contributed by atoms with Crippen LogP contribution in [0.5, 0.6) is 0 Å². The lowest BCUT2D eigenvalue weighted by atomic mass is 10.00. The third kappa shape index (κ3) is 2.40. The summed E-state index contributed by atoms with van der Waals surface area (Å²) in [4.78, 5) is 7.78. The van der Waals surface area contributed by atoms with Crippen molar-refractivity contribution in [2.45, 2.75) is 19.3 Å². The predicted octanol–water partition coefficient (Wildman–Crippen LogP) is 4.71. The number of aromatic nitrogens is 2. The number of H-pyrrole nitrogens is 1. The number of anilines is 1. The molecule has 1 aliphatic rings. The molecular formula is C18H17N3S. The molecule has 0 aliphatic carbocycles. The van der Waals surface area contributed by atoms with E-state index in [1.807, 2.05) is 0 Å². The van der Waals surface area contributed by atoms with Crippen LogP contribution in [-0.2, 0) is 6.42 Å². The summed E-state index contributed by atoms with van der Waals surface area (Å²) >= 11 is 5.32. The van der Waals surface area contributed by atoms with E-state index in [2.05, 4.69) is 57.7 Å². The summed E-state index contributed by atoms with van der Waals surface area (Å²) in [5.41, 5.74) is 3.53. The van der Waals surface area contributed by atoms with Gasteiger partial charge in [0.05, 0.1) is 5.69 Å². The molecule has 0 amide bonds. The Balaban J connectivity index is 1.93. The quantitative estimate of drug-likeness (QED) is 0.640. The fourth-order valence-electron chi connectivity index (χ4n) is 3.11. The highest BCUT2D eigenvalue weighted by Gasteiger charge is 2.15. The van der Waals surface area contributed by atoms with Gasteiger partial charge in [-0.15, -0.1) is 0 Å². The van der Waals surface area contributed by atoms with Gasteiger partial charge in [-0.05, 0) is 53.9 Å². The van der Waals surface area contributed by atoms with Crippen LogP contribution in [0.1, 0.15) is 18.4 Å². The van der Waals surface area contributed by atoms with Gasteiger partial charge in [0.15, 0.2) is 4.77 Å². The summed E-state index contributed by atoms with van der Waals surface area (Å²) in [7, 11) is 0. The third-order valence-electron chi connectivity index (χ3n) is 4.22. The molecule has 3 nitrogen and oxygen atoms in total. The fraction of sp³-hybridized carbons (Fsp3) is 0.222. The van der Waals surface area contributed by atoms with Crippen LogP contribution in [0.2, 0.25) is 0 Å². The first-order valence-corrected chi connectivity index (χ1v) is 8.08. The van der Waals surface area contributed by atoms with Crippen LogP contribution in [0.4, 0.5) is 5.82 Å². The molecule has 3 aromatic rings. The van der Waals surface area contributed by atoms with Crippen LogP contribution in [0.15, 0.2) is 42.5 Å². The van der Waals surface area contributed by atoms with Gasteiger partial charge in [0.2, 0.25) is 0 Å². The summed E-state index contributed by atoms with van der Waals surface area (Å²) in [5.74, 6) is 0.949. The molecule has 0 saturated heterocycles. The lowest BCUT2D eigenvalue weighted by Crippen LogP contribution is -2.05. The van der Waals surface area contributed by atoms with Crippen molar-refractivity contribution in [1.29, 1.82) is 0 Å². The van der Waals surface area contributed by atoms with Gasteiger partial charge in [-0.2, -0.15) is 0 Å². The van der Waals surface area contributed by atoms with E-state index in [0.29, 0.717) is 4.77 Å². The van der Waals surface area contributed by atoms with E-state index in [4.69, 9.17) is 12.2 Å². The number of fused-ring (bicyclic) bond motifs is 2. The maximum atomic E-state index is 5.32. The highest BCUT2D eigenvalue weighted by Crippen LogP contribution is 2.31. The predicted molar refractivity (Wildman–Crippen MR) is 93.8 cm³/mol. The number of aromatic amines is 1. The number of hydrogen-bond acceptors (Lipinski definition) is 3. The van der Waals surface area contributed by atoms with Crippen molar-refractivity contribution in [1.82, 2.24) is 9.97 Å². The van der Waals surface area contributed by atoms with Gasteiger partial charge in [-0.1, -0.05) is 36.4 Å². The number of nitrogens with zero attached hydrogens (tertiary/aromatic N) is 1. The van der Waals surface area contributed by atoms with Crippen LogP contribution in [0.25, 0.3) is 22.0 Å². The standard InChI is InChI=1S/C18H17N3S/c22-18-20-16(15-7-3-4-10-19-17(15)21-18)14-9-8-12-5-1-2-6-13(12)11-14/h1-2,5-6,8-9,11H,3-4,7,10H2,(H2,19,20,21,22). The smallest absolute Gasteiger partial charge is 0.199 e. The van der Waals surface area contributed by atoms with Crippen LogP contribution >= 0.6 is 12.2 Å². The van der Waals surface area contributed by atoms with Crippen LogP contribution in [0, 0.1) is 4.77 Å². The van der Waals surface area contributed by atoms with Gasteiger partial charge in [0.25, 0.3) is 0 Å². The SMILES string of the molecule is S=c1nc2c(c(-c3ccc4ccccc4c3)[nH]1)CCCCN2. The summed E-state index contributed by atoms with van der Waals surface area (Å²) < 4.78 is 0.538. The van der Waals surface area contributed by atoms with E-state index in [-0.39, 0.29) is 0 Å². The third-order valence-corrected chi connectivity index (χ3v) is 4.41. The summed E-state index contributed by atoms with van der Waals surface area (Å²) in [5, 5.41) is 5.91. The molecule has 0 radical (unpaired) electrons. The highest BCUT2D eigenvalue weighted by atomic mass is 32.1. The molecule has 0 bridgehead atoms. The molecule has 4 rings (SSSR count). The second-order valence-electron chi connectivity index (χ2n) is 5.69. The average molecular weight is 307 g/mol. The zero-order chi connectivity index (χ0) is 14.9. The topological polar surface area (TPSA) is 40.7 Å². The molecular weight excluding hydrogens is 290 g/mol. The van der Waals surface area contributed by atoms with E-state index in [0.717, 1.165) is 24.5 Å². The maximum Gasteiger partial charge on any atom is 0.199 e. The van der Waals surface area contributed by atoms with Crippen LogP contribution in [0.3, 0.4) is 0 Å². The van der Waals surface area contributed by atoms with E-state index < -0.39 is 0 Å². The molecule has 2 N–H and O–H groups in total. The summed E-state index contributed by atoms with van der Waals surface area (Å²) in [6.07, 6.45) is 3.37. The number of rotatable bonds is 1. The zero-order valence-corrected chi connectivity index (χ0v) is 13.0. The summed E-state index contributed by atoms with van der Waals surface area (Å²) in [6, 6.07) is 15.0. The molecule has 2 aromatic carbocycles. The lowest BCUT2D eigenvalue weighted by Gasteiger charge is -2.13. The minimum Gasteiger partial charge on any atom is -0.370 e. The van der Waals surface area contributed by atoms with Crippen molar-refractivity contribution >= 4 is 28.8 Å². The monoisotopic (exact) mass is 307 g/mol. The first kappa shape index (κ1) is 13.5. The van der Waals surface area contributed by atoms with Gasteiger partial charge in [0.1, 0.15) is 5.82 Å². The largest absolute Gasteiger partial charge is 0.370 e. The highest BCUT2D eigenvalue weighted by molar-refractivity contribution is 7.71. The summed E-state index contributed by atoms with van der Waals surface area (Å²) in [6.45, 7) is 0.968. The Morgan fingerprint density at radius 3 is 2.77 bits per heavy atom. The van der Waals surface area contributed by atoms with Crippen molar-refractivity contribution in [2.24, 2.45) is 0 Å². The Labute approximate surface area is 134 Å². The van der Waals surface area contributed by atoms with E-state index >= 15 is 0 Å². The molecule has 4 heteroatoms. The first-order chi connectivity index (χ1) is 10.8. The van der Waals surface area contributed by atoms with Gasteiger partial charge in [-0.25, -0.2) is 4.98 Å². The van der Waals surface area contributed by atoms with Crippen LogP contribution in [-0.4, -0.2) is 16.5 Å². The maximum absolute atomic E-state index is 5.32. The van der Waals surface area contributed by atoms with Gasteiger partial charge in [-0.3, -0.25) is 0 Å². The molecule has 0 spiro atoms. The van der Waals surface area contributed by atoms with Crippen molar-refractivity contribution in [3.63, 3.8) is 0 Å². The second-order valence-corrected chi connectivity index (χ2v) is 6.08. The molecule has 110 valence electrons. The minimum atomic E-state index is 0.538. The first-order valence-electron chi connectivity index (χ1n) is 7.67. The van der Waals surface area contributed by atoms with Crippen molar-refractivity contribution in [3.05, 3.63) is 52.8 Å². The minimum absolute atomic E-state index is 0.538. The Hall–Kier alpha value is -2.20. The van der Waals surface area contributed by atoms with Gasteiger partial charge >= 0.3 is 0 Å². The fourth-order valence-corrected chi connectivity index (χ4v) is 3.31. The Bertz CT molecular complexity index is 898. The van der Waals surface area contributed by atoms with E-state index in [1.165, 1.54) is 34.7 Å².